The number of para-hydroxylation sites is 1. The average molecular weight is 413 g/mol. The SMILES string of the molecule is COc1ccc(OCCCCOc2ccccc2I)c(N)c1. The van der Waals surface area contributed by atoms with Crippen molar-refractivity contribution in [3.05, 3.63) is 46.0 Å². The summed E-state index contributed by atoms with van der Waals surface area (Å²) in [6.07, 6.45) is 1.84. The maximum Gasteiger partial charge on any atom is 0.142 e. The van der Waals surface area contributed by atoms with Crippen LogP contribution < -0.4 is 19.9 Å². The summed E-state index contributed by atoms with van der Waals surface area (Å²) in [6, 6.07) is 13.4. The first-order chi connectivity index (χ1) is 10.7. The molecule has 0 unspecified atom stereocenters. The number of methoxy groups -OCH3 is 1. The van der Waals surface area contributed by atoms with E-state index in [9.17, 15) is 0 Å². The van der Waals surface area contributed by atoms with Crippen LogP contribution in [0.5, 0.6) is 17.2 Å². The number of hydrogen-bond acceptors (Lipinski definition) is 4. The molecule has 0 atom stereocenters. The number of hydrogen-bond donors (Lipinski definition) is 1. The Labute approximate surface area is 144 Å². The summed E-state index contributed by atoms with van der Waals surface area (Å²) in [5.74, 6) is 2.36. The molecular formula is C17H20INO3. The fourth-order valence-electron chi connectivity index (χ4n) is 1.92. The van der Waals surface area contributed by atoms with Gasteiger partial charge in [0.1, 0.15) is 17.2 Å². The first kappa shape index (κ1) is 16.7. The maximum absolute atomic E-state index is 5.90. The van der Waals surface area contributed by atoms with E-state index < -0.39 is 0 Å². The molecule has 0 saturated carbocycles. The van der Waals surface area contributed by atoms with Crippen LogP contribution in [0.15, 0.2) is 42.5 Å². The molecular weight excluding hydrogens is 393 g/mol. The second-order valence-corrected chi connectivity index (χ2v) is 5.90. The predicted molar refractivity (Wildman–Crippen MR) is 96.8 cm³/mol. The topological polar surface area (TPSA) is 53.7 Å². The van der Waals surface area contributed by atoms with Crippen molar-refractivity contribution in [2.45, 2.75) is 12.8 Å². The van der Waals surface area contributed by atoms with E-state index in [0.717, 1.165) is 27.9 Å². The summed E-state index contributed by atoms with van der Waals surface area (Å²) >= 11 is 2.27. The Morgan fingerprint density at radius 2 is 1.64 bits per heavy atom. The summed E-state index contributed by atoms with van der Waals surface area (Å²) in [4.78, 5) is 0. The largest absolute Gasteiger partial charge is 0.497 e. The fourth-order valence-corrected chi connectivity index (χ4v) is 2.46. The van der Waals surface area contributed by atoms with E-state index in [1.54, 1.807) is 13.2 Å². The second-order valence-electron chi connectivity index (χ2n) is 4.74. The van der Waals surface area contributed by atoms with E-state index in [2.05, 4.69) is 22.6 Å². The summed E-state index contributed by atoms with van der Waals surface area (Å²) < 4.78 is 17.6. The molecule has 0 fully saturated rings. The number of nitrogens with two attached hydrogens (primary N) is 1. The molecule has 5 heteroatoms. The molecule has 118 valence electrons. The third kappa shape index (κ3) is 4.98. The van der Waals surface area contributed by atoms with Crippen LogP contribution >= 0.6 is 22.6 Å². The summed E-state index contributed by atoms with van der Waals surface area (Å²) in [5, 5.41) is 0. The van der Waals surface area contributed by atoms with Crippen LogP contribution in [0, 0.1) is 3.57 Å². The molecule has 2 aromatic carbocycles. The van der Waals surface area contributed by atoms with E-state index in [1.807, 2.05) is 36.4 Å². The molecule has 0 amide bonds. The summed E-state index contributed by atoms with van der Waals surface area (Å²) in [6.45, 7) is 1.30. The van der Waals surface area contributed by atoms with Gasteiger partial charge in [-0.15, -0.1) is 0 Å². The minimum atomic E-state index is 0.592. The maximum atomic E-state index is 5.90. The van der Waals surface area contributed by atoms with Crippen molar-refractivity contribution in [2.24, 2.45) is 0 Å². The molecule has 2 N–H and O–H groups in total. The van der Waals surface area contributed by atoms with Gasteiger partial charge in [-0.05, 0) is 59.7 Å². The zero-order valence-corrected chi connectivity index (χ0v) is 14.7. The Hall–Kier alpha value is -1.63. The van der Waals surface area contributed by atoms with Crippen molar-refractivity contribution >= 4 is 28.3 Å². The van der Waals surface area contributed by atoms with Crippen LogP contribution in [-0.4, -0.2) is 20.3 Å². The van der Waals surface area contributed by atoms with E-state index in [0.29, 0.717) is 24.7 Å². The van der Waals surface area contributed by atoms with Gasteiger partial charge < -0.3 is 19.9 Å². The Kier molecular flexibility index (Phi) is 6.64. The lowest BCUT2D eigenvalue weighted by molar-refractivity contribution is 0.266. The molecule has 22 heavy (non-hydrogen) atoms. The highest BCUT2D eigenvalue weighted by Gasteiger charge is 2.03. The third-order valence-electron chi connectivity index (χ3n) is 3.11. The van der Waals surface area contributed by atoms with Gasteiger partial charge in [-0.1, -0.05) is 12.1 Å². The van der Waals surface area contributed by atoms with Crippen LogP contribution in [0.1, 0.15) is 12.8 Å². The lowest BCUT2D eigenvalue weighted by atomic mass is 10.3. The molecule has 0 spiro atoms. The highest BCUT2D eigenvalue weighted by atomic mass is 127. The lowest BCUT2D eigenvalue weighted by Gasteiger charge is -2.11. The minimum absolute atomic E-state index is 0.592. The van der Waals surface area contributed by atoms with Crippen molar-refractivity contribution in [3.8, 4) is 17.2 Å². The normalized spacial score (nSPS) is 10.3. The summed E-state index contributed by atoms with van der Waals surface area (Å²) in [5.41, 5.74) is 6.49. The molecule has 0 aromatic heterocycles. The van der Waals surface area contributed by atoms with Crippen LogP contribution in [0.2, 0.25) is 0 Å². The highest BCUT2D eigenvalue weighted by Crippen LogP contribution is 2.26. The molecule has 0 saturated heterocycles. The van der Waals surface area contributed by atoms with Gasteiger partial charge in [0.2, 0.25) is 0 Å². The average Bonchev–Trinajstić information content (AvgIpc) is 2.53. The number of benzene rings is 2. The van der Waals surface area contributed by atoms with Crippen molar-refractivity contribution in [2.75, 3.05) is 26.1 Å². The Bertz CT molecular complexity index is 604. The van der Waals surface area contributed by atoms with E-state index in [-0.39, 0.29) is 0 Å². The number of anilines is 1. The molecule has 0 heterocycles. The predicted octanol–water partition coefficient (Wildman–Crippen LogP) is 4.12. The molecule has 0 bridgehead atoms. The van der Waals surface area contributed by atoms with Crippen LogP contribution in [0.4, 0.5) is 5.69 Å². The Balaban J connectivity index is 1.66. The van der Waals surface area contributed by atoms with Gasteiger partial charge >= 0.3 is 0 Å². The first-order valence-corrected chi connectivity index (χ1v) is 8.22. The van der Waals surface area contributed by atoms with Gasteiger partial charge in [0.15, 0.2) is 0 Å². The molecule has 0 aliphatic rings. The van der Waals surface area contributed by atoms with Crippen molar-refractivity contribution in [1.82, 2.24) is 0 Å². The van der Waals surface area contributed by atoms with Gasteiger partial charge in [0.05, 0.1) is 29.6 Å². The van der Waals surface area contributed by atoms with E-state index in [4.69, 9.17) is 19.9 Å². The lowest BCUT2D eigenvalue weighted by Crippen LogP contribution is -2.04. The number of ether oxygens (including phenoxy) is 3. The van der Waals surface area contributed by atoms with E-state index in [1.165, 1.54) is 0 Å². The van der Waals surface area contributed by atoms with E-state index >= 15 is 0 Å². The number of nitrogen functional groups attached to an aromatic ring is 1. The highest BCUT2D eigenvalue weighted by molar-refractivity contribution is 14.1. The zero-order valence-electron chi connectivity index (χ0n) is 12.5. The molecule has 0 aliphatic heterocycles. The third-order valence-corrected chi connectivity index (χ3v) is 4.00. The zero-order chi connectivity index (χ0) is 15.8. The van der Waals surface area contributed by atoms with Gasteiger partial charge in [0, 0.05) is 6.07 Å². The molecule has 0 aliphatic carbocycles. The molecule has 0 radical (unpaired) electrons. The van der Waals surface area contributed by atoms with Crippen molar-refractivity contribution in [3.63, 3.8) is 0 Å². The van der Waals surface area contributed by atoms with Gasteiger partial charge in [-0.25, -0.2) is 0 Å². The number of halogens is 1. The summed E-state index contributed by atoms with van der Waals surface area (Å²) in [7, 11) is 1.61. The smallest absolute Gasteiger partial charge is 0.142 e. The quantitative estimate of drug-likeness (QED) is 0.402. The van der Waals surface area contributed by atoms with Gasteiger partial charge in [0.25, 0.3) is 0 Å². The van der Waals surface area contributed by atoms with Crippen LogP contribution in [0.25, 0.3) is 0 Å². The minimum Gasteiger partial charge on any atom is -0.497 e. The van der Waals surface area contributed by atoms with Crippen molar-refractivity contribution in [1.29, 1.82) is 0 Å². The molecule has 4 nitrogen and oxygen atoms in total. The van der Waals surface area contributed by atoms with Gasteiger partial charge in [-0.3, -0.25) is 0 Å². The van der Waals surface area contributed by atoms with Crippen molar-refractivity contribution < 1.29 is 14.2 Å². The Morgan fingerprint density at radius 1 is 0.955 bits per heavy atom. The monoisotopic (exact) mass is 413 g/mol. The standard InChI is InChI=1S/C17H20INO3/c1-20-13-8-9-17(15(19)12-13)22-11-5-4-10-21-16-7-3-2-6-14(16)18/h2-3,6-9,12H,4-5,10-11,19H2,1H3. The first-order valence-electron chi connectivity index (χ1n) is 7.14. The fraction of sp³-hybridized carbons (Fsp3) is 0.294. The molecule has 2 aromatic rings. The number of rotatable bonds is 8. The molecule has 2 rings (SSSR count). The van der Waals surface area contributed by atoms with Crippen LogP contribution in [0.3, 0.4) is 0 Å². The number of unbranched alkanes of at least 4 members (excludes halogenated alkanes) is 1. The van der Waals surface area contributed by atoms with Gasteiger partial charge in [-0.2, -0.15) is 0 Å². The van der Waals surface area contributed by atoms with Crippen LogP contribution in [-0.2, 0) is 0 Å². The Morgan fingerprint density at radius 3 is 2.27 bits per heavy atom. The second kappa shape index (κ2) is 8.73.